The average Bonchev–Trinajstić information content (AvgIpc) is 1.94. The fourth-order valence-corrected chi connectivity index (χ4v) is 0.775. The largest absolute Gasteiger partial charge is 0.322 e. The molecule has 1 rings (SSSR count). The third-order valence-corrected chi connectivity index (χ3v) is 1.37. The monoisotopic (exact) mass is 135 g/mol. The summed E-state index contributed by atoms with van der Waals surface area (Å²) < 4.78 is 0. The second kappa shape index (κ2) is 2.52. The molecule has 1 aromatic rings. The normalized spacial score (nSPS) is 9.30. The van der Waals surface area contributed by atoms with Gasteiger partial charge in [-0.2, -0.15) is 0 Å². The van der Waals surface area contributed by atoms with Crippen molar-refractivity contribution in [1.82, 2.24) is 4.98 Å². The van der Waals surface area contributed by atoms with Crippen molar-refractivity contribution in [2.24, 2.45) is 0 Å². The summed E-state index contributed by atoms with van der Waals surface area (Å²) in [4.78, 5) is 13.3. The summed E-state index contributed by atoms with van der Waals surface area (Å²) in [6.07, 6.45) is 1.64. The molecule has 0 aliphatic carbocycles. The van der Waals surface area contributed by atoms with E-state index in [0.29, 0.717) is 0 Å². The summed E-state index contributed by atoms with van der Waals surface area (Å²) in [5, 5.41) is 0. The Morgan fingerprint density at radius 3 is 2.80 bits per heavy atom. The minimum atomic E-state index is -0.0829. The van der Waals surface area contributed by atoms with Crippen LogP contribution >= 0.6 is 0 Å². The predicted molar refractivity (Wildman–Crippen MR) is 41.9 cm³/mol. The highest BCUT2D eigenvalue weighted by Crippen LogP contribution is 2.00. The number of H-pyrrole nitrogens is 1. The molecule has 0 radical (unpaired) electrons. The SMILES string of the molecule is C=Cc1[nH]c(=O)ccc1C. The van der Waals surface area contributed by atoms with Gasteiger partial charge in [-0.15, -0.1) is 0 Å². The van der Waals surface area contributed by atoms with Crippen molar-refractivity contribution in [2.75, 3.05) is 0 Å². The van der Waals surface area contributed by atoms with Crippen LogP contribution in [-0.2, 0) is 0 Å². The molecule has 1 heterocycles. The van der Waals surface area contributed by atoms with E-state index in [0.717, 1.165) is 11.3 Å². The molecule has 0 atom stereocenters. The van der Waals surface area contributed by atoms with Gasteiger partial charge in [0.2, 0.25) is 5.56 Å². The van der Waals surface area contributed by atoms with Gasteiger partial charge in [-0.3, -0.25) is 4.79 Å². The van der Waals surface area contributed by atoms with E-state index in [1.807, 2.05) is 6.92 Å². The third-order valence-electron chi connectivity index (χ3n) is 1.37. The van der Waals surface area contributed by atoms with Crippen LogP contribution in [0.3, 0.4) is 0 Å². The molecule has 0 fully saturated rings. The summed E-state index contributed by atoms with van der Waals surface area (Å²) in [5.41, 5.74) is 1.75. The van der Waals surface area contributed by atoms with Crippen molar-refractivity contribution in [3.05, 3.63) is 40.3 Å². The minimum Gasteiger partial charge on any atom is -0.322 e. The summed E-state index contributed by atoms with van der Waals surface area (Å²) in [7, 11) is 0. The van der Waals surface area contributed by atoms with Crippen molar-refractivity contribution < 1.29 is 0 Å². The number of hydrogen-bond donors (Lipinski definition) is 1. The molecular formula is C8H9NO. The molecule has 1 aromatic heterocycles. The zero-order valence-electron chi connectivity index (χ0n) is 5.85. The lowest BCUT2D eigenvalue weighted by Crippen LogP contribution is -2.05. The van der Waals surface area contributed by atoms with E-state index in [1.54, 1.807) is 12.1 Å². The molecular weight excluding hydrogens is 126 g/mol. The van der Waals surface area contributed by atoms with E-state index in [-0.39, 0.29) is 5.56 Å². The first kappa shape index (κ1) is 6.81. The topological polar surface area (TPSA) is 32.9 Å². The Labute approximate surface area is 59.2 Å². The lowest BCUT2D eigenvalue weighted by atomic mass is 10.2. The van der Waals surface area contributed by atoms with Crippen LogP contribution in [0.15, 0.2) is 23.5 Å². The highest BCUT2D eigenvalue weighted by Gasteiger charge is 1.91. The van der Waals surface area contributed by atoms with Gasteiger partial charge in [0.05, 0.1) is 0 Å². The van der Waals surface area contributed by atoms with Crippen LogP contribution in [0.5, 0.6) is 0 Å². The third kappa shape index (κ3) is 1.16. The number of aromatic nitrogens is 1. The summed E-state index contributed by atoms with van der Waals surface area (Å²) >= 11 is 0. The lowest BCUT2D eigenvalue weighted by molar-refractivity contribution is 1.17. The summed E-state index contributed by atoms with van der Waals surface area (Å²) in [6, 6.07) is 3.28. The van der Waals surface area contributed by atoms with Crippen LogP contribution in [0.2, 0.25) is 0 Å². The number of pyridine rings is 1. The van der Waals surface area contributed by atoms with E-state index in [9.17, 15) is 4.79 Å². The number of hydrogen-bond acceptors (Lipinski definition) is 1. The van der Waals surface area contributed by atoms with E-state index in [1.165, 1.54) is 6.07 Å². The van der Waals surface area contributed by atoms with E-state index < -0.39 is 0 Å². The van der Waals surface area contributed by atoms with Gasteiger partial charge >= 0.3 is 0 Å². The molecule has 0 saturated carbocycles. The van der Waals surface area contributed by atoms with Gasteiger partial charge in [0.25, 0.3) is 0 Å². The summed E-state index contributed by atoms with van der Waals surface area (Å²) in [6.45, 7) is 5.49. The number of aryl methyl sites for hydroxylation is 1. The van der Waals surface area contributed by atoms with Gasteiger partial charge < -0.3 is 4.98 Å². The van der Waals surface area contributed by atoms with Gasteiger partial charge in [0.1, 0.15) is 0 Å². The first-order valence-electron chi connectivity index (χ1n) is 3.06. The van der Waals surface area contributed by atoms with Crippen LogP contribution < -0.4 is 5.56 Å². The second-order valence-corrected chi connectivity index (χ2v) is 2.12. The first-order chi connectivity index (χ1) is 4.74. The molecule has 0 aliphatic rings. The molecule has 52 valence electrons. The molecule has 0 unspecified atom stereocenters. The highest BCUT2D eigenvalue weighted by atomic mass is 16.1. The molecule has 0 amide bonds. The first-order valence-corrected chi connectivity index (χ1v) is 3.06. The Bertz CT molecular complexity index is 298. The van der Waals surface area contributed by atoms with Gasteiger partial charge in [-0.1, -0.05) is 12.6 Å². The lowest BCUT2D eigenvalue weighted by Gasteiger charge is -1.95. The Morgan fingerprint density at radius 2 is 2.30 bits per heavy atom. The van der Waals surface area contributed by atoms with E-state index in [2.05, 4.69) is 11.6 Å². The Kier molecular flexibility index (Phi) is 1.71. The maximum absolute atomic E-state index is 10.7. The number of nitrogens with one attached hydrogen (secondary N) is 1. The van der Waals surface area contributed by atoms with Crippen LogP contribution in [0.4, 0.5) is 0 Å². The Balaban J connectivity index is 3.35. The van der Waals surface area contributed by atoms with Crippen molar-refractivity contribution in [3.63, 3.8) is 0 Å². The molecule has 0 spiro atoms. The van der Waals surface area contributed by atoms with Gasteiger partial charge in [-0.05, 0) is 18.6 Å². The molecule has 2 nitrogen and oxygen atoms in total. The number of aromatic amines is 1. The number of rotatable bonds is 1. The predicted octanol–water partition coefficient (Wildman–Crippen LogP) is 1.33. The highest BCUT2D eigenvalue weighted by molar-refractivity contribution is 5.45. The van der Waals surface area contributed by atoms with Crippen molar-refractivity contribution >= 4 is 6.08 Å². The quantitative estimate of drug-likeness (QED) is 0.619. The average molecular weight is 135 g/mol. The van der Waals surface area contributed by atoms with Crippen molar-refractivity contribution in [1.29, 1.82) is 0 Å². The van der Waals surface area contributed by atoms with Crippen molar-refractivity contribution in [3.8, 4) is 0 Å². The molecule has 0 aromatic carbocycles. The zero-order chi connectivity index (χ0) is 7.56. The maximum atomic E-state index is 10.7. The fraction of sp³-hybridized carbons (Fsp3) is 0.125. The fourth-order valence-electron chi connectivity index (χ4n) is 0.775. The molecule has 0 saturated heterocycles. The van der Waals surface area contributed by atoms with Crippen LogP contribution in [0.25, 0.3) is 6.08 Å². The molecule has 0 aliphatic heterocycles. The van der Waals surface area contributed by atoms with Gasteiger partial charge in [-0.25, -0.2) is 0 Å². The maximum Gasteiger partial charge on any atom is 0.248 e. The van der Waals surface area contributed by atoms with Gasteiger partial charge in [0, 0.05) is 11.8 Å². The van der Waals surface area contributed by atoms with E-state index in [4.69, 9.17) is 0 Å². The van der Waals surface area contributed by atoms with Crippen LogP contribution in [0.1, 0.15) is 11.3 Å². The molecule has 2 heteroatoms. The smallest absolute Gasteiger partial charge is 0.248 e. The standard InChI is InChI=1S/C8H9NO/c1-3-7-6(2)4-5-8(10)9-7/h3-5H,1H2,2H3,(H,9,10). The van der Waals surface area contributed by atoms with Gasteiger partial charge in [0.15, 0.2) is 0 Å². The van der Waals surface area contributed by atoms with E-state index >= 15 is 0 Å². The Morgan fingerprint density at radius 1 is 1.60 bits per heavy atom. The zero-order valence-corrected chi connectivity index (χ0v) is 5.85. The van der Waals surface area contributed by atoms with Crippen LogP contribution in [-0.4, -0.2) is 4.98 Å². The second-order valence-electron chi connectivity index (χ2n) is 2.12. The molecule has 1 N–H and O–H groups in total. The van der Waals surface area contributed by atoms with Crippen molar-refractivity contribution in [2.45, 2.75) is 6.92 Å². The van der Waals surface area contributed by atoms with Crippen LogP contribution in [0, 0.1) is 6.92 Å². The molecule has 0 bridgehead atoms. The Hall–Kier alpha value is -1.31. The summed E-state index contributed by atoms with van der Waals surface area (Å²) in [5.74, 6) is 0. The minimum absolute atomic E-state index is 0.0829. The molecule has 10 heavy (non-hydrogen) atoms.